The van der Waals surface area contributed by atoms with Gasteiger partial charge in [0.15, 0.2) is 0 Å². The first-order valence-electron chi connectivity index (χ1n) is 6.97. The molecule has 0 spiro atoms. The van der Waals surface area contributed by atoms with Gasteiger partial charge in [-0.3, -0.25) is 9.69 Å². The van der Waals surface area contributed by atoms with Crippen molar-refractivity contribution >= 4 is 5.97 Å². The van der Waals surface area contributed by atoms with Gasteiger partial charge >= 0.3 is 5.97 Å². The summed E-state index contributed by atoms with van der Waals surface area (Å²) in [5.74, 6) is -0.0206. The van der Waals surface area contributed by atoms with Crippen LogP contribution in [0.2, 0.25) is 0 Å². The maximum atomic E-state index is 11.5. The number of carboxylic acids is 1. The first-order valence-corrected chi connectivity index (χ1v) is 6.97. The molecule has 0 bridgehead atoms. The topological polar surface area (TPSA) is 59.0 Å². The number of morpholine rings is 1. The van der Waals surface area contributed by atoms with E-state index >= 15 is 0 Å². The molecule has 0 saturated carbocycles. The molecule has 1 atom stereocenters. The monoisotopic (exact) mass is 279 g/mol. The van der Waals surface area contributed by atoms with Gasteiger partial charge in [0.2, 0.25) is 0 Å². The molecule has 5 heteroatoms. The van der Waals surface area contributed by atoms with Gasteiger partial charge in [-0.2, -0.15) is 0 Å². The van der Waals surface area contributed by atoms with Crippen LogP contribution in [-0.4, -0.2) is 54.9 Å². The van der Waals surface area contributed by atoms with Crippen molar-refractivity contribution in [2.45, 2.75) is 19.4 Å². The Morgan fingerprint density at radius 3 is 2.75 bits per heavy atom. The number of carbonyl (C=O) groups is 1. The lowest BCUT2D eigenvalue weighted by Crippen LogP contribution is -2.48. The summed E-state index contributed by atoms with van der Waals surface area (Å²) in [7, 11) is 0. The van der Waals surface area contributed by atoms with Crippen molar-refractivity contribution in [3.8, 4) is 5.75 Å². The Morgan fingerprint density at radius 1 is 1.40 bits per heavy atom. The van der Waals surface area contributed by atoms with E-state index in [0.717, 1.165) is 11.3 Å². The van der Waals surface area contributed by atoms with E-state index in [1.54, 1.807) is 0 Å². The number of hydrogen-bond acceptors (Lipinski definition) is 4. The van der Waals surface area contributed by atoms with Crippen LogP contribution in [0.1, 0.15) is 12.5 Å². The molecular formula is C15H21NO4. The van der Waals surface area contributed by atoms with Crippen molar-refractivity contribution in [3.63, 3.8) is 0 Å². The van der Waals surface area contributed by atoms with Crippen LogP contribution in [0.25, 0.3) is 0 Å². The number of rotatable bonds is 6. The normalized spacial score (nSPS) is 17.6. The van der Waals surface area contributed by atoms with Crippen molar-refractivity contribution in [1.82, 2.24) is 4.90 Å². The summed E-state index contributed by atoms with van der Waals surface area (Å²) >= 11 is 0. The predicted molar refractivity (Wildman–Crippen MR) is 75.1 cm³/mol. The zero-order valence-corrected chi connectivity index (χ0v) is 11.7. The summed E-state index contributed by atoms with van der Waals surface area (Å²) in [5, 5.41) is 9.48. The van der Waals surface area contributed by atoms with Gasteiger partial charge < -0.3 is 14.6 Å². The molecule has 1 aromatic rings. The highest BCUT2D eigenvalue weighted by atomic mass is 16.5. The van der Waals surface area contributed by atoms with Crippen molar-refractivity contribution in [1.29, 1.82) is 0 Å². The third-order valence-electron chi connectivity index (χ3n) is 3.46. The molecule has 0 unspecified atom stereocenters. The first kappa shape index (κ1) is 14.8. The Kier molecular flexibility index (Phi) is 5.38. The second kappa shape index (κ2) is 7.26. The number of ether oxygens (including phenoxy) is 2. The molecule has 1 heterocycles. The molecular weight excluding hydrogens is 258 g/mol. The molecule has 1 saturated heterocycles. The Bertz CT molecular complexity index is 443. The predicted octanol–water partition coefficient (Wildman–Crippen LogP) is 1.41. The third kappa shape index (κ3) is 3.71. The molecule has 0 aromatic heterocycles. The second-order valence-corrected chi connectivity index (χ2v) is 4.75. The lowest BCUT2D eigenvalue weighted by atomic mass is 10.0. The van der Waals surface area contributed by atoms with Crippen LogP contribution in [0.4, 0.5) is 0 Å². The van der Waals surface area contributed by atoms with Crippen molar-refractivity contribution in [2.75, 3.05) is 32.9 Å². The van der Waals surface area contributed by atoms with Crippen LogP contribution in [0.15, 0.2) is 24.3 Å². The quantitative estimate of drug-likeness (QED) is 0.853. The van der Waals surface area contributed by atoms with Gasteiger partial charge in [-0.05, 0) is 18.6 Å². The highest BCUT2D eigenvalue weighted by molar-refractivity contribution is 5.74. The zero-order valence-electron chi connectivity index (χ0n) is 11.7. The van der Waals surface area contributed by atoms with Crippen molar-refractivity contribution in [3.05, 3.63) is 29.8 Å². The van der Waals surface area contributed by atoms with Gasteiger partial charge in [0.1, 0.15) is 11.8 Å². The summed E-state index contributed by atoms with van der Waals surface area (Å²) in [6, 6.07) is 7.11. The average molecular weight is 279 g/mol. The van der Waals surface area contributed by atoms with E-state index in [0.29, 0.717) is 39.3 Å². The minimum absolute atomic E-state index is 0.450. The number of para-hydroxylation sites is 1. The molecule has 110 valence electrons. The number of aliphatic carboxylic acids is 1. The Balaban J connectivity index is 2.13. The van der Waals surface area contributed by atoms with Crippen LogP contribution in [0.3, 0.4) is 0 Å². The van der Waals surface area contributed by atoms with Crippen LogP contribution in [-0.2, 0) is 16.0 Å². The van der Waals surface area contributed by atoms with E-state index in [4.69, 9.17) is 9.47 Å². The van der Waals surface area contributed by atoms with E-state index in [-0.39, 0.29) is 0 Å². The minimum Gasteiger partial charge on any atom is -0.494 e. The molecule has 20 heavy (non-hydrogen) atoms. The van der Waals surface area contributed by atoms with Gasteiger partial charge in [-0.15, -0.1) is 0 Å². The molecule has 5 nitrogen and oxygen atoms in total. The van der Waals surface area contributed by atoms with E-state index < -0.39 is 12.0 Å². The van der Waals surface area contributed by atoms with Crippen LogP contribution in [0, 0.1) is 0 Å². The Morgan fingerprint density at radius 2 is 2.10 bits per heavy atom. The lowest BCUT2D eigenvalue weighted by molar-refractivity contribution is -0.145. The highest BCUT2D eigenvalue weighted by Crippen LogP contribution is 2.21. The maximum Gasteiger partial charge on any atom is 0.321 e. The standard InChI is InChI=1S/C15H21NO4/c1-2-20-14-6-4-3-5-12(14)11-13(15(17)18)16-7-9-19-10-8-16/h3-6,13H,2,7-11H2,1H3,(H,17,18)/t13-/m0/s1. The van der Waals surface area contributed by atoms with E-state index in [1.807, 2.05) is 36.1 Å². The van der Waals surface area contributed by atoms with Gasteiger partial charge in [0, 0.05) is 19.5 Å². The second-order valence-electron chi connectivity index (χ2n) is 4.75. The van der Waals surface area contributed by atoms with Gasteiger partial charge in [0.25, 0.3) is 0 Å². The molecule has 1 fully saturated rings. The van der Waals surface area contributed by atoms with Gasteiger partial charge in [-0.25, -0.2) is 0 Å². The largest absolute Gasteiger partial charge is 0.494 e. The summed E-state index contributed by atoms with van der Waals surface area (Å²) < 4.78 is 10.9. The van der Waals surface area contributed by atoms with Crippen molar-refractivity contribution < 1.29 is 19.4 Å². The molecule has 1 aromatic carbocycles. The fraction of sp³-hybridized carbons (Fsp3) is 0.533. The first-order chi connectivity index (χ1) is 9.72. The SMILES string of the molecule is CCOc1ccccc1C[C@@H](C(=O)O)N1CCOCC1. The summed E-state index contributed by atoms with van der Waals surface area (Å²) in [6.45, 7) is 5.01. The fourth-order valence-electron chi connectivity index (χ4n) is 2.44. The maximum absolute atomic E-state index is 11.5. The third-order valence-corrected chi connectivity index (χ3v) is 3.46. The number of benzene rings is 1. The summed E-state index contributed by atoms with van der Waals surface area (Å²) in [5.41, 5.74) is 0.938. The minimum atomic E-state index is -0.793. The fourth-order valence-corrected chi connectivity index (χ4v) is 2.44. The molecule has 0 aliphatic carbocycles. The van der Waals surface area contributed by atoms with E-state index in [9.17, 15) is 9.90 Å². The number of carboxylic acid groups (broad SMARTS) is 1. The Hall–Kier alpha value is -1.59. The van der Waals surface area contributed by atoms with E-state index in [1.165, 1.54) is 0 Å². The smallest absolute Gasteiger partial charge is 0.321 e. The molecule has 0 amide bonds. The summed E-state index contributed by atoms with van der Waals surface area (Å²) in [4.78, 5) is 13.5. The zero-order chi connectivity index (χ0) is 14.4. The van der Waals surface area contributed by atoms with E-state index in [2.05, 4.69) is 0 Å². The summed E-state index contributed by atoms with van der Waals surface area (Å²) in [6.07, 6.45) is 0.450. The van der Waals surface area contributed by atoms with Gasteiger partial charge in [-0.1, -0.05) is 18.2 Å². The molecule has 1 aliphatic rings. The number of nitrogens with zero attached hydrogens (tertiary/aromatic N) is 1. The van der Waals surface area contributed by atoms with Crippen LogP contribution < -0.4 is 4.74 Å². The number of hydrogen-bond donors (Lipinski definition) is 1. The molecule has 2 rings (SSSR count). The molecule has 1 N–H and O–H groups in total. The highest BCUT2D eigenvalue weighted by Gasteiger charge is 2.28. The van der Waals surface area contributed by atoms with Crippen LogP contribution >= 0.6 is 0 Å². The molecule has 0 radical (unpaired) electrons. The lowest BCUT2D eigenvalue weighted by Gasteiger charge is -2.32. The van der Waals surface area contributed by atoms with Gasteiger partial charge in [0.05, 0.1) is 19.8 Å². The molecule has 1 aliphatic heterocycles. The van der Waals surface area contributed by atoms with Crippen molar-refractivity contribution in [2.24, 2.45) is 0 Å². The average Bonchev–Trinajstić information content (AvgIpc) is 2.47. The Labute approximate surface area is 119 Å². The van der Waals surface area contributed by atoms with Crippen LogP contribution in [0.5, 0.6) is 5.75 Å².